The third-order valence-corrected chi connectivity index (χ3v) is 5.38. The zero-order valence-electron chi connectivity index (χ0n) is 13.0. The lowest BCUT2D eigenvalue weighted by Crippen LogP contribution is -2.53. The first-order chi connectivity index (χ1) is 9.13. The smallest absolute Gasteiger partial charge is 0.0580 e. The van der Waals surface area contributed by atoms with Crippen LogP contribution >= 0.6 is 0 Å². The minimum Gasteiger partial charge on any atom is -0.393 e. The molecule has 1 saturated heterocycles. The Labute approximate surface area is 119 Å². The Hall–Kier alpha value is -0.120. The van der Waals surface area contributed by atoms with Crippen LogP contribution in [-0.4, -0.2) is 59.8 Å². The molecule has 19 heavy (non-hydrogen) atoms. The van der Waals surface area contributed by atoms with E-state index in [1.807, 2.05) is 0 Å². The number of likely N-dealkylation sites (N-methyl/N-ethyl adjacent to an activating group) is 1. The van der Waals surface area contributed by atoms with Crippen molar-refractivity contribution >= 4 is 0 Å². The van der Waals surface area contributed by atoms with Gasteiger partial charge in [0.1, 0.15) is 0 Å². The maximum absolute atomic E-state index is 10.2. The first kappa shape index (κ1) is 15.3. The fourth-order valence-electron chi connectivity index (χ4n) is 3.95. The Morgan fingerprint density at radius 2 is 1.95 bits per heavy atom. The molecule has 1 saturated carbocycles. The van der Waals surface area contributed by atoms with Crippen LogP contribution in [0.1, 0.15) is 46.5 Å². The monoisotopic (exact) mass is 268 g/mol. The average Bonchev–Trinajstić information content (AvgIpc) is 2.41. The van der Waals surface area contributed by atoms with Crippen LogP contribution in [0.5, 0.6) is 0 Å². The summed E-state index contributed by atoms with van der Waals surface area (Å²) in [4.78, 5) is 5.14. The Morgan fingerprint density at radius 1 is 1.16 bits per heavy atom. The molecule has 2 fully saturated rings. The molecule has 0 aromatic heterocycles. The largest absolute Gasteiger partial charge is 0.393 e. The zero-order valence-corrected chi connectivity index (χ0v) is 13.0. The molecular formula is C16H32N2O. The molecule has 2 aliphatic rings. The number of piperazine rings is 1. The van der Waals surface area contributed by atoms with Gasteiger partial charge < -0.3 is 10.0 Å². The number of rotatable bonds is 4. The predicted octanol–water partition coefficient (Wildman–Crippen LogP) is 2.20. The molecule has 3 nitrogen and oxygen atoms in total. The molecule has 4 unspecified atom stereocenters. The van der Waals surface area contributed by atoms with Crippen molar-refractivity contribution in [1.82, 2.24) is 9.80 Å². The number of hydrogen-bond donors (Lipinski definition) is 1. The van der Waals surface area contributed by atoms with Crippen molar-refractivity contribution in [3.05, 3.63) is 0 Å². The fraction of sp³-hybridized carbons (Fsp3) is 1.00. The van der Waals surface area contributed by atoms with Gasteiger partial charge in [0, 0.05) is 32.2 Å². The minimum absolute atomic E-state index is 0.0534. The highest BCUT2D eigenvalue weighted by atomic mass is 16.3. The normalized spacial score (nSPS) is 38.5. The molecule has 2 rings (SSSR count). The number of aliphatic hydroxyl groups is 1. The van der Waals surface area contributed by atoms with E-state index >= 15 is 0 Å². The average molecular weight is 268 g/mol. The van der Waals surface area contributed by atoms with Crippen LogP contribution in [-0.2, 0) is 0 Å². The maximum Gasteiger partial charge on any atom is 0.0580 e. The lowest BCUT2D eigenvalue weighted by molar-refractivity contribution is 0.00763. The summed E-state index contributed by atoms with van der Waals surface area (Å²) in [6.07, 6.45) is 4.72. The number of nitrogens with zero attached hydrogens (tertiary/aromatic N) is 2. The fourth-order valence-corrected chi connectivity index (χ4v) is 3.95. The molecular weight excluding hydrogens is 236 g/mol. The lowest BCUT2D eigenvalue weighted by Gasteiger charge is -2.42. The molecule has 0 aromatic rings. The second-order valence-corrected chi connectivity index (χ2v) is 6.65. The topological polar surface area (TPSA) is 26.7 Å². The van der Waals surface area contributed by atoms with Gasteiger partial charge in [-0.3, -0.25) is 4.90 Å². The van der Waals surface area contributed by atoms with E-state index in [1.54, 1.807) is 0 Å². The summed E-state index contributed by atoms with van der Waals surface area (Å²) in [5.74, 6) is 1.36. The van der Waals surface area contributed by atoms with Crippen LogP contribution in [0.25, 0.3) is 0 Å². The molecule has 1 heterocycles. The summed E-state index contributed by atoms with van der Waals surface area (Å²) in [6, 6.07) is 0.668. The van der Waals surface area contributed by atoms with Gasteiger partial charge in [-0.2, -0.15) is 0 Å². The predicted molar refractivity (Wildman–Crippen MR) is 80.3 cm³/mol. The van der Waals surface area contributed by atoms with Crippen LogP contribution in [0, 0.1) is 11.8 Å². The second kappa shape index (κ2) is 7.05. The van der Waals surface area contributed by atoms with Gasteiger partial charge in [0.25, 0.3) is 0 Å². The van der Waals surface area contributed by atoms with Crippen LogP contribution in [0.4, 0.5) is 0 Å². The minimum atomic E-state index is -0.0534. The zero-order chi connectivity index (χ0) is 13.8. The van der Waals surface area contributed by atoms with Gasteiger partial charge >= 0.3 is 0 Å². The summed E-state index contributed by atoms with van der Waals surface area (Å²) in [5.41, 5.74) is 0. The van der Waals surface area contributed by atoms with Gasteiger partial charge in [-0.15, -0.1) is 0 Å². The Morgan fingerprint density at radius 3 is 2.58 bits per heavy atom. The van der Waals surface area contributed by atoms with E-state index in [-0.39, 0.29) is 6.10 Å². The van der Waals surface area contributed by atoms with E-state index < -0.39 is 0 Å². The van der Waals surface area contributed by atoms with Gasteiger partial charge in [-0.1, -0.05) is 20.3 Å². The third kappa shape index (κ3) is 3.93. The number of aliphatic hydroxyl groups excluding tert-OH is 1. The van der Waals surface area contributed by atoms with E-state index in [1.165, 1.54) is 45.4 Å². The first-order valence-corrected chi connectivity index (χ1v) is 8.28. The van der Waals surface area contributed by atoms with Crippen molar-refractivity contribution in [3.8, 4) is 0 Å². The maximum atomic E-state index is 10.2. The molecule has 1 aliphatic heterocycles. The third-order valence-electron chi connectivity index (χ3n) is 5.38. The standard InChI is InChI=1S/C16H32N2O/c1-4-14-6-7-16(19)15(10-14)12-17-8-9-18(5-2)13(3)11-17/h13-16,19H,4-12H2,1-3H3. The molecule has 0 aromatic carbocycles. The van der Waals surface area contributed by atoms with Crippen molar-refractivity contribution in [1.29, 1.82) is 0 Å². The SMILES string of the molecule is CCC1CCC(O)C(CN2CCN(CC)C(C)C2)C1. The quantitative estimate of drug-likeness (QED) is 0.847. The second-order valence-electron chi connectivity index (χ2n) is 6.65. The summed E-state index contributed by atoms with van der Waals surface area (Å²) in [7, 11) is 0. The Balaban J connectivity index is 1.83. The highest BCUT2D eigenvalue weighted by molar-refractivity contribution is 4.85. The number of hydrogen-bond acceptors (Lipinski definition) is 3. The summed E-state index contributed by atoms with van der Waals surface area (Å²) in [6.45, 7) is 12.7. The first-order valence-electron chi connectivity index (χ1n) is 8.28. The van der Waals surface area contributed by atoms with E-state index in [2.05, 4.69) is 30.6 Å². The van der Waals surface area contributed by atoms with E-state index in [4.69, 9.17) is 0 Å². The van der Waals surface area contributed by atoms with Gasteiger partial charge in [0.15, 0.2) is 0 Å². The highest BCUT2D eigenvalue weighted by Crippen LogP contribution is 2.32. The Kier molecular flexibility index (Phi) is 5.67. The molecule has 1 aliphatic carbocycles. The van der Waals surface area contributed by atoms with E-state index in [9.17, 15) is 5.11 Å². The van der Waals surface area contributed by atoms with Gasteiger partial charge in [0.05, 0.1) is 6.10 Å². The van der Waals surface area contributed by atoms with Gasteiger partial charge in [-0.05, 0) is 44.6 Å². The van der Waals surface area contributed by atoms with E-state index in [0.717, 1.165) is 18.9 Å². The van der Waals surface area contributed by atoms with Crippen LogP contribution < -0.4 is 0 Å². The van der Waals surface area contributed by atoms with Crippen LogP contribution in [0.15, 0.2) is 0 Å². The summed E-state index contributed by atoms with van der Waals surface area (Å²) < 4.78 is 0. The van der Waals surface area contributed by atoms with Crippen LogP contribution in [0.2, 0.25) is 0 Å². The lowest BCUT2D eigenvalue weighted by atomic mass is 9.78. The van der Waals surface area contributed by atoms with Crippen molar-refractivity contribution < 1.29 is 5.11 Å². The molecule has 112 valence electrons. The van der Waals surface area contributed by atoms with E-state index in [0.29, 0.717) is 12.0 Å². The molecule has 4 atom stereocenters. The molecule has 1 N–H and O–H groups in total. The van der Waals surface area contributed by atoms with Crippen LogP contribution in [0.3, 0.4) is 0 Å². The summed E-state index contributed by atoms with van der Waals surface area (Å²) >= 11 is 0. The molecule has 0 spiro atoms. The van der Waals surface area contributed by atoms with Crippen molar-refractivity contribution in [2.45, 2.75) is 58.6 Å². The highest BCUT2D eigenvalue weighted by Gasteiger charge is 2.31. The molecule has 0 bridgehead atoms. The van der Waals surface area contributed by atoms with Crippen molar-refractivity contribution in [2.24, 2.45) is 11.8 Å². The molecule has 0 amide bonds. The van der Waals surface area contributed by atoms with Crippen molar-refractivity contribution in [3.63, 3.8) is 0 Å². The van der Waals surface area contributed by atoms with Gasteiger partial charge in [0.2, 0.25) is 0 Å². The van der Waals surface area contributed by atoms with Crippen molar-refractivity contribution in [2.75, 3.05) is 32.7 Å². The molecule has 3 heteroatoms. The van der Waals surface area contributed by atoms with Gasteiger partial charge in [-0.25, -0.2) is 0 Å². The molecule has 0 radical (unpaired) electrons. The summed E-state index contributed by atoms with van der Waals surface area (Å²) in [5, 5.41) is 10.2. The Bertz CT molecular complexity index is 271.